The van der Waals surface area contributed by atoms with Crippen LogP contribution >= 0.6 is 0 Å². The van der Waals surface area contributed by atoms with Crippen molar-refractivity contribution in [2.75, 3.05) is 0 Å². The molecule has 2 heterocycles. The first kappa shape index (κ1) is 27.4. The van der Waals surface area contributed by atoms with Gasteiger partial charge in [0.1, 0.15) is 0 Å². The number of hydrogen-bond acceptors (Lipinski definition) is 8. The molecule has 5 aromatic carbocycles. The summed E-state index contributed by atoms with van der Waals surface area (Å²) in [6.07, 6.45) is 0. The predicted octanol–water partition coefficient (Wildman–Crippen LogP) is 5.93. The van der Waals surface area contributed by atoms with Gasteiger partial charge < -0.3 is 9.68 Å². The number of benzene rings is 5. The number of hydrogen-bond donors (Lipinski definition) is 0. The van der Waals surface area contributed by atoms with E-state index in [2.05, 4.69) is 24.3 Å². The van der Waals surface area contributed by atoms with Gasteiger partial charge in [0.15, 0.2) is 0 Å². The summed E-state index contributed by atoms with van der Waals surface area (Å²) in [4.78, 5) is 38.5. The Bertz CT molecular complexity index is 2320. The van der Waals surface area contributed by atoms with E-state index in [0.29, 0.717) is 65.9 Å². The first-order valence-electron chi connectivity index (χ1n) is 13.7. The maximum absolute atomic E-state index is 13.5. The molecule has 0 spiro atoms. The highest BCUT2D eigenvalue weighted by molar-refractivity contribution is 6.10. The van der Waals surface area contributed by atoms with E-state index >= 15 is 0 Å². The van der Waals surface area contributed by atoms with Gasteiger partial charge in [0, 0.05) is 21.5 Å². The van der Waals surface area contributed by atoms with E-state index < -0.39 is 11.9 Å². The summed E-state index contributed by atoms with van der Waals surface area (Å²) in [5.41, 5.74) is 3.83. The van der Waals surface area contributed by atoms with Crippen LogP contribution in [0, 0.1) is 45.3 Å². The molecule has 0 atom stereocenters. The first-order chi connectivity index (χ1) is 22.4. The van der Waals surface area contributed by atoms with Crippen LogP contribution < -0.4 is 9.68 Å². The van der Waals surface area contributed by atoms with Crippen molar-refractivity contribution in [1.29, 1.82) is 21.0 Å². The van der Waals surface area contributed by atoms with Crippen LogP contribution in [0.15, 0.2) is 97.1 Å². The molecule has 7 rings (SSSR count). The Labute approximate surface area is 259 Å². The van der Waals surface area contributed by atoms with Crippen molar-refractivity contribution >= 4 is 55.6 Å². The lowest BCUT2D eigenvalue weighted by Gasteiger charge is -2.10. The molecule has 0 aliphatic rings. The fourth-order valence-corrected chi connectivity index (χ4v) is 5.49. The molecule has 0 fully saturated rings. The minimum absolute atomic E-state index is 0.0753. The van der Waals surface area contributed by atoms with Crippen LogP contribution in [0.1, 0.15) is 43.0 Å². The molecule has 0 unspecified atom stereocenters. The fraction of sp³-hybridized carbons (Fsp3) is 0. The van der Waals surface area contributed by atoms with E-state index in [9.17, 15) is 30.6 Å². The third kappa shape index (κ3) is 4.41. The van der Waals surface area contributed by atoms with Crippen LogP contribution in [0.25, 0.3) is 43.6 Å². The zero-order valence-corrected chi connectivity index (χ0v) is 23.6. The Kier molecular flexibility index (Phi) is 6.38. The molecule has 46 heavy (non-hydrogen) atoms. The molecule has 0 bridgehead atoms. The van der Waals surface area contributed by atoms with Gasteiger partial charge in [-0.05, 0) is 91.0 Å². The molecule has 0 aliphatic carbocycles. The molecule has 2 aromatic heterocycles. The van der Waals surface area contributed by atoms with Gasteiger partial charge in [-0.3, -0.25) is 0 Å². The van der Waals surface area contributed by atoms with E-state index in [1.165, 1.54) is 33.7 Å². The third-order valence-electron chi connectivity index (χ3n) is 7.64. The fourth-order valence-electron chi connectivity index (χ4n) is 5.49. The van der Waals surface area contributed by atoms with E-state index in [4.69, 9.17) is 9.68 Å². The minimum atomic E-state index is -0.757. The lowest BCUT2D eigenvalue weighted by atomic mass is 10.1. The molecule has 0 amide bonds. The summed E-state index contributed by atoms with van der Waals surface area (Å²) in [5.74, 6) is -1.51. The summed E-state index contributed by atoms with van der Waals surface area (Å²) < 4.78 is 2.67. The van der Waals surface area contributed by atoms with Crippen molar-refractivity contribution in [1.82, 2.24) is 9.46 Å². The minimum Gasteiger partial charge on any atom is -0.330 e. The summed E-state index contributed by atoms with van der Waals surface area (Å²) in [6.45, 7) is 0. The Balaban J connectivity index is 1.24. The molecule has 10 heteroatoms. The number of carbonyl (C=O) groups excluding carboxylic acids is 2. The van der Waals surface area contributed by atoms with Crippen LogP contribution in [-0.2, 0) is 0 Å². The number of fused-ring (bicyclic) bond motifs is 6. The van der Waals surface area contributed by atoms with Crippen molar-refractivity contribution in [3.63, 3.8) is 0 Å². The van der Waals surface area contributed by atoms with Gasteiger partial charge >= 0.3 is 11.9 Å². The monoisotopic (exact) mass is 596 g/mol. The maximum atomic E-state index is 13.5. The van der Waals surface area contributed by atoms with Crippen LogP contribution in [0.2, 0.25) is 0 Å². The van der Waals surface area contributed by atoms with Gasteiger partial charge in [0.2, 0.25) is 0 Å². The molecule has 0 radical (unpaired) electrons. The number of aromatic nitrogens is 2. The lowest BCUT2D eigenvalue weighted by Crippen LogP contribution is -2.22. The molecule has 214 valence electrons. The first-order valence-corrected chi connectivity index (χ1v) is 13.7. The van der Waals surface area contributed by atoms with Crippen LogP contribution in [-0.4, -0.2) is 21.4 Å². The van der Waals surface area contributed by atoms with E-state index in [1.807, 2.05) is 0 Å². The third-order valence-corrected chi connectivity index (χ3v) is 7.64. The number of carbonyl (C=O) groups is 2. The maximum Gasteiger partial charge on any atom is 0.363 e. The summed E-state index contributed by atoms with van der Waals surface area (Å²) >= 11 is 0. The van der Waals surface area contributed by atoms with Crippen molar-refractivity contribution in [2.45, 2.75) is 0 Å². The van der Waals surface area contributed by atoms with E-state index in [-0.39, 0.29) is 11.1 Å². The zero-order valence-electron chi connectivity index (χ0n) is 23.6. The van der Waals surface area contributed by atoms with Crippen molar-refractivity contribution in [2.24, 2.45) is 0 Å². The van der Waals surface area contributed by atoms with Crippen molar-refractivity contribution < 1.29 is 19.3 Å². The number of nitriles is 4. The quantitative estimate of drug-likeness (QED) is 0.242. The van der Waals surface area contributed by atoms with Crippen LogP contribution in [0.4, 0.5) is 0 Å². The normalized spacial score (nSPS) is 10.7. The average molecular weight is 597 g/mol. The summed E-state index contributed by atoms with van der Waals surface area (Å²) in [5, 5.41) is 40.2. The highest BCUT2D eigenvalue weighted by Gasteiger charge is 2.21. The molecule has 0 N–H and O–H groups in total. The molecule has 10 nitrogen and oxygen atoms in total. The SMILES string of the molecule is N#Cc1ccc2c(c1)c1cc(C#N)ccc1n2OC(=O)c1cccc(C(=O)On2c3ccc(C#N)cc3c3cc(C#N)ccc32)c1. The summed E-state index contributed by atoms with van der Waals surface area (Å²) in [6, 6.07) is 34.0. The Hall–Kier alpha value is -7.40. The second-order valence-electron chi connectivity index (χ2n) is 10.3. The standard InChI is InChI=1S/C36H16N6O4/c37-17-21-4-8-31-27(12-21)28-13-22(18-38)5-9-32(28)41(31)45-35(43)25-2-1-3-26(16-25)36(44)46-42-33-10-6-23(19-39)14-29(33)30-15-24(20-40)7-11-34(30)42/h1-16H. The van der Waals surface area contributed by atoms with Crippen molar-refractivity contribution in [3.8, 4) is 24.3 Å². The van der Waals surface area contributed by atoms with Crippen molar-refractivity contribution in [3.05, 3.63) is 130 Å². The molecule has 0 aliphatic heterocycles. The van der Waals surface area contributed by atoms with Gasteiger partial charge in [-0.15, -0.1) is 0 Å². The summed E-state index contributed by atoms with van der Waals surface area (Å²) in [7, 11) is 0. The zero-order chi connectivity index (χ0) is 31.9. The van der Waals surface area contributed by atoms with Gasteiger partial charge in [-0.1, -0.05) is 6.07 Å². The van der Waals surface area contributed by atoms with E-state index in [0.717, 1.165) is 0 Å². The Morgan fingerprint density at radius 3 is 1.04 bits per heavy atom. The number of rotatable bonds is 4. The second kappa shape index (κ2) is 10.7. The van der Waals surface area contributed by atoms with Crippen LogP contribution in [0.5, 0.6) is 0 Å². The molecular formula is C36H16N6O4. The Morgan fingerprint density at radius 2 is 0.761 bits per heavy atom. The highest BCUT2D eigenvalue weighted by Crippen LogP contribution is 2.31. The molecule has 7 aromatic rings. The largest absolute Gasteiger partial charge is 0.363 e. The average Bonchev–Trinajstić information content (AvgIpc) is 3.58. The van der Waals surface area contributed by atoms with Crippen LogP contribution in [0.3, 0.4) is 0 Å². The van der Waals surface area contributed by atoms with Gasteiger partial charge in [-0.2, -0.15) is 30.5 Å². The van der Waals surface area contributed by atoms with E-state index in [1.54, 1.807) is 72.8 Å². The topological polar surface area (TPSA) is 158 Å². The van der Waals surface area contributed by atoms with Gasteiger partial charge in [0.25, 0.3) is 0 Å². The molecule has 0 saturated heterocycles. The lowest BCUT2D eigenvalue weighted by molar-refractivity contribution is 0.0499. The second-order valence-corrected chi connectivity index (χ2v) is 10.3. The highest BCUT2D eigenvalue weighted by atomic mass is 16.7. The number of nitrogens with zero attached hydrogens (tertiary/aromatic N) is 6. The smallest absolute Gasteiger partial charge is 0.330 e. The van der Waals surface area contributed by atoms with Gasteiger partial charge in [0.05, 0.1) is 79.7 Å². The molecule has 0 saturated carbocycles. The van der Waals surface area contributed by atoms with Gasteiger partial charge in [-0.25, -0.2) is 9.59 Å². The predicted molar refractivity (Wildman–Crippen MR) is 166 cm³/mol. The Morgan fingerprint density at radius 1 is 0.457 bits per heavy atom. The molecular weight excluding hydrogens is 580 g/mol.